The Morgan fingerprint density at radius 2 is 1.05 bits per heavy atom. The van der Waals surface area contributed by atoms with Crippen LogP contribution in [0.1, 0.15) is 22.3 Å². The molecule has 0 amide bonds. The first kappa shape index (κ1) is 27.9. The summed E-state index contributed by atoms with van der Waals surface area (Å²) >= 11 is 0. The number of hydrogen-bond acceptors (Lipinski definition) is 2. The molecule has 0 spiro atoms. The summed E-state index contributed by atoms with van der Waals surface area (Å²) in [5.74, 6) is 0. The fraction of sp³-hybridized carbons (Fsp3) is 0.188. The van der Waals surface area contributed by atoms with Gasteiger partial charge in [-0.15, -0.1) is 0 Å². The quantitative estimate of drug-likeness (QED) is 0.232. The molecule has 4 rings (SSSR count). The molecule has 37 heavy (non-hydrogen) atoms. The van der Waals surface area contributed by atoms with Gasteiger partial charge in [-0.05, 0) is 17.2 Å². The van der Waals surface area contributed by atoms with Crippen LogP contribution in [0.25, 0.3) is 12.2 Å². The van der Waals surface area contributed by atoms with Crippen LogP contribution in [0, 0.1) is 0 Å². The fourth-order valence-corrected chi connectivity index (χ4v) is 3.99. The van der Waals surface area contributed by atoms with Crippen molar-refractivity contribution in [3.63, 3.8) is 0 Å². The largest absolute Gasteiger partial charge is 1.00 e. The number of rotatable bonds is 9. The second kappa shape index (κ2) is 13.6. The molecule has 2 aromatic carbocycles. The van der Waals surface area contributed by atoms with Crippen molar-refractivity contribution < 1.29 is 26.1 Å². The number of halogens is 1. The first-order chi connectivity index (χ1) is 17.5. The number of anilines is 2. The molecule has 0 fully saturated rings. The Labute approximate surface area is 232 Å². The first-order valence-electron chi connectivity index (χ1n) is 12.3. The molecule has 0 aliphatic heterocycles. The van der Waals surface area contributed by atoms with Crippen molar-refractivity contribution in [3.8, 4) is 0 Å². The lowest BCUT2D eigenvalue weighted by Crippen LogP contribution is -3.00. The molecule has 0 atom stereocenters. The van der Waals surface area contributed by atoms with Gasteiger partial charge in [-0.25, -0.2) is 9.13 Å². The number of allylic oxidation sites excluding steroid dienone is 2. The first-order valence-corrected chi connectivity index (χ1v) is 12.3. The summed E-state index contributed by atoms with van der Waals surface area (Å²) in [5.41, 5.74) is 7.39. The van der Waals surface area contributed by atoms with E-state index in [2.05, 4.69) is 169 Å². The van der Waals surface area contributed by atoms with Gasteiger partial charge in [-0.3, -0.25) is 0 Å². The highest BCUT2D eigenvalue weighted by molar-refractivity contribution is 5.57. The average Bonchev–Trinajstić information content (AvgIpc) is 2.88. The molecule has 0 saturated carbocycles. The van der Waals surface area contributed by atoms with Gasteiger partial charge in [0.2, 0.25) is 0 Å². The van der Waals surface area contributed by atoms with E-state index in [1.807, 2.05) is 0 Å². The van der Waals surface area contributed by atoms with Gasteiger partial charge in [0.05, 0.1) is 0 Å². The molecular weight excluding hydrogens is 520 g/mol. The van der Waals surface area contributed by atoms with E-state index in [1.54, 1.807) is 0 Å². The van der Waals surface area contributed by atoms with Gasteiger partial charge in [0.25, 0.3) is 0 Å². The highest BCUT2D eigenvalue weighted by atomic mass is 79.9. The van der Waals surface area contributed by atoms with Crippen LogP contribution in [-0.4, -0.2) is 28.2 Å². The number of aromatic nitrogens is 2. The highest BCUT2D eigenvalue weighted by Gasteiger charge is 2.05. The molecule has 2 aromatic heterocycles. The maximum absolute atomic E-state index is 2.24. The van der Waals surface area contributed by atoms with Crippen molar-refractivity contribution >= 4 is 23.5 Å². The third kappa shape index (κ3) is 8.43. The van der Waals surface area contributed by atoms with Gasteiger partial charge in [-0.1, -0.05) is 66.8 Å². The van der Waals surface area contributed by atoms with E-state index in [9.17, 15) is 0 Å². The minimum absolute atomic E-state index is 0. The molecule has 0 saturated heterocycles. The SMILES string of the molecule is CN(C)c1cc[n+](Cc2ccc(/C=C/C=C\c3cccc(C[n+]4ccc(N(C)C)cc4)c3)cc2)cc1.[Br-]. The van der Waals surface area contributed by atoms with Crippen molar-refractivity contribution in [1.82, 2.24) is 0 Å². The van der Waals surface area contributed by atoms with Gasteiger partial charge in [0.1, 0.15) is 0 Å². The Hall–Kier alpha value is -3.70. The normalized spacial score (nSPS) is 11.0. The van der Waals surface area contributed by atoms with E-state index >= 15 is 0 Å². The van der Waals surface area contributed by atoms with E-state index in [0.717, 1.165) is 13.1 Å². The van der Waals surface area contributed by atoms with E-state index in [-0.39, 0.29) is 17.0 Å². The molecule has 0 unspecified atom stereocenters. The molecule has 5 heteroatoms. The maximum atomic E-state index is 2.24. The fourth-order valence-electron chi connectivity index (χ4n) is 3.99. The number of pyridine rings is 2. The van der Waals surface area contributed by atoms with Crippen molar-refractivity contribution in [2.45, 2.75) is 13.1 Å². The number of nitrogens with zero attached hydrogens (tertiary/aromatic N) is 4. The summed E-state index contributed by atoms with van der Waals surface area (Å²) in [6.07, 6.45) is 17.0. The summed E-state index contributed by atoms with van der Waals surface area (Å²) in [6.45, 7) is 1.72. The molecular formula is C32H36BrN4+. The van der Waals surface area contributed by atoms with Crippen LogP contribution in [0.3, 0.4) is 0 Å². The van der Waals surface area contributed by atoms with E-state index in [1.165, 1.54) is 33.6 Å². The van der Waals surface area contributed by atoms with Crippen molar-refractivity contribution in [2.24, 2.45) is 0 Å². The Balaban J connectivity index is 0.00000380. The van der Waals surface area contributed by atoms with Crippen LogP contribution >= 0.6 is 0 Å². The van der Waals surface area contributed by atoms with Crippen molar-refractivity contribution in [2.75, 3.05) is 38.0 Å². The second-order valence-corrected chi connectivity index (χ2v) is 9.45. The maximum Gasteiger partial charge on any atom is 0.173 e. The van der Waals surface area contributed by atoms with Gasteiger partial charge in [-0.2, -0.15) is 0 Å². The Morgan fingerprint density at radius 1 is 0.568 bits per heavy atom. The summed E-state index contributed by atoms with van der Waals surface area (Å²) < 4.78 is 4.41. The third-order valence-electron chi connectivity index (χ3n) is 6.13. The van der Waals surface area contributed by atoms with Crippen molar-refractivity contribution in [1.29, 1.82) is 0 Å². The molecule has 0 radical (unpaired) electrons. The van der Waals surface area contributed by atoms with Gasteiger partial charge < -0.3 is 26.8 Å². The van der Waals surface area contributed by atoms with E-state index in [0.29, 0.717) is 0 Å². The Kier molecular flexibility index (Phi) is 10.2. The minimum Gasteiger partial charge on any atom is -1.00 e. The van der Waals surface area contributed by atoms with Gasteiger partial charge in [0, 0.05) is 75.0 Å². The lowest BCUT2D eigenvalue weighted by molar-refractivity contribution is -0.688. The van der Waals surface area contributed by atoms with Gasteiger partial charge >= 0.3 is 0 Å². The molecule has 0 N–H and O–H groups in total. The Morgan fingerprint density at radius 3 is 1.57 bits per heavy atom. The third-order valence-corrected chi connectivity index (χ3v) is 6.13. The number of hydrogen-bond donors (Lipinski definition) is 0. The number of benzene rings is 2. The molecule has 4 nitrogen and oxygen atoms in total. The lowest BCUT2D eigenvalue weighted by atomic mass is 10.1. The van der Waals surface area contributed by atoms with Gasteiger partial charge in [0.15, 0.2) is 37.9 Å². The van der Waals surface area contributed by atoms with Crippen LogP contribution in [0.15, 0.2) is 110 Å². The monoisotopic (exact) mass is 555 g/mol. The summed E-state index contributed by atoms with van der Waals surface area (Å²) in [5, 5.41) is 0. The minimum atomic E-state index is 0. The smallest absolute Gasteiger partial charge is 0.173 e. The standard InChI is InChI=1S/C32H36N4.BrH/c1-33(2)31-16-20-35(21-17-31)25-29-14-12-27(13-15-29)8-5-6-9-28-10-7-11-30(24-28)26-36-22-18-32(19-23-36)34(3)4;/h5-24H,25-26H2,1-4H3;1H/q+2;/p-1/b8-5+,9-6-;. The van der Waals surface area contributed by atoms with Crippen LogP contribution in [0.4, 0.5) is 11.4 Å². The summed E-state index contributed by atoms with van der Waals surface area (Å²) in [6, 6.07) is 26.0. The lowest BCUT2D eigenvalue weighted by Gasteiger charge is -2.10. The topological polar surface area (TPSA) is 14.2 Å². The average molecular weight is 557 g/mol. The molecule has 0 bridgehead atoms. The molecule has 4 aromatic rings. The predicted molar refractivity (Wildman–Crippen MR) is 151 cm³/mol. The van der Waals surface area contributed by atoms with Crippen LogP contribution in [-0.2, 0) is 13.1 Å². The Bertz CT molecular complexity index is 1310. The molecule has 2 heterocycles. The van der Waals surface area contributed by atoms with E-state index < -0.39 is 0 Å². The van der Waals surface area contributed by atoms with Crippen LogP contribution in [0.5, 0.6) is 0 Å². The molecule has 0 aliphatic carbocycles. The van der Waals surface area contributed by atoms with Crippen LogP contribution in [0.2, 0.25) is 0 Å². The molecule has 0 aliphatic rings. The van der Waals surface area contributed by atoms with Crippen molar-refractivity contribution in [3.05, 3.63) is 132 Å². The predicted octanol–water partition coefficient (Wildman–Crippen LogP) is 2.22. The van der Waals surface area contributed by atoms with E-state index in [4.69, 9.17) is 0 Å². The van der Waals surface area contributed by atoms with Crippen LogP contribution < -0.4 is 35.9 Å². The summed E-state index contributed by atoms with van der Waals surface area (Å²) in [7, 11) is 8.24. The zero-order chi connectivity index (χ0) is 25.3. The molecule has 190 valence electrons. The zero-order valence-corrected chi connectivity index (χ0v) is 23.7. The second-order valence-electron chi connectivity index (χ2n) is 9.45. The highest BCUT2D eigenvalue weighted by Crippen LogP contribution is 2.11. The zero-order valence-electron chi connectivity index (χ0n) is 22.1. The summed E-state index contributed by atoms with van der Waals surface area (Å²) in [4.78, 5) is 4.23.